The highest BCUT2D eigenvalue weighted by Gasteiger charge is 2.08. The van der Waals surface area contributed by atoms with Crippen LogP contribution in [0.2, 0.25) is 0 Å². The molecule has 3 rings (SSSR count). The summed E-state index contributed by atoms with van der Waals surface area (Å²) in [5, 5.41) is 10.8. The Morgan fingerprint density at radius 3 is 2.78 bits per heavy atom. The van der Waals surface area contributed by atoms with Gasteiger partial charge < -0.3 is 10.1 Å². The molecule has 3 heterocycles. The average molecular weight is 310 g/mol. The lowest BCUT2D eigenvalue weighted by Gasteiger charge is -2.03. The maximum absolute atomic E-state index is 12.0. The number of pyridine rings is 2. The number of ether oxygens (including phenoxy) is 1. The van der Waals surface area contributed by atoms with E-state index >= 15 is 0 Å². The number of hydrogen-bond donors (Lipinski definition) is 1. The van der Waals surface area contributed by atoms with Crippen molar-refractivity contribution in [1.82, 2.24) is 30.3 Å². The molecule has 0 atom stereocenters. The maximum atomic E-state index is 12.0. The number of nitrogens with zero attached hydrogens (tertiary/aromatic N) is 5. The third-order valence-corrected chi connectivity index (χ3v) is 3.11. The summed E-state index contributed by atoms with van der Waals surface area (Å²) in [6.07, 6.45) is 6.56. The third kappa shape index (κ3) is 3.49. The summed E-state index contributed by atoms with van der Waals surface area (Å²) in [6, 6.07) is 6.92. The van der Waals surface area contributed by atoms with E-state index in [9.17, 15) is 4.79 Å². The molecule has 8 heteroatoms. The number of amides is 1. The van der Waals surface area contributed by atoms with Crippen molar-refractivity contribution in [1.29, 1.82) is 0 Å². The first-order valence-corrected chi connectivity index (χ1v) is 6.86. The van der Waals surface area contributed by atoms with Gasteiger partial charge >= 0.3 is 0 Å². The first-order valence-electron chi connectivity index (χ1n) is 6.86. The molecule has 0 aromatic carbocycles. The highest BCUT2D eigenvalue weighted by atomic mass is 16.5. The Balaban J connectivity index is 1.62. The normalized spacial score (nSPS) is 10.3. The second-order valence-electron chi connectivity index (χ2n) is 4.63. The van der Waals surface area contributed by atoms with E-state index in [1.54, 1.807) is 35.4 Å². The molecule has 3 aromatic rings. The van der Waals surface area contributed by atoms with Gasteiger partial charge in [-0.2, -0.15) is 0 Å². The molecule has 0 saturated heterocycles. The fraction of sp³-hybridized carbons (Fsp3) is 0.133. The van der Waals surface area contributed by atoms with E-state index < -0.39 is 0 Å². The summed E-state index contributed by atoms with van der Waals surface area (Å²) < 4.78 is 6.58. The lowest BCUT2D eigenvalue weighted by Crippen LogP contribution is -2.23. The van der Waals surface area contributed by atoms with Crippen molar-refractivity contribution in [2.45, 2.75) is 6.54 Å². The summed E-state index contributed by atoms with van der Waals surface area (Å²) >= 11 is 0. The molecule has 0 saturated carbocycles. The molecule has 1 N–H and O–H groups in total. The number of nitrogens with one attached hydrogen (secondary N) is 1. The minimum atomic E-state index is -0.237. The first-order chi connectivity index (χ1) is 11.3. The zero-order valence-corrected chi connectivity index (χ0v) is 12.4. The van der Waals surface area contributed by atoms with E-state index in [4.69, 9.17) is 4.74 Å². The molecule has 0 fully saturated rings. The van der Waals surface area contributed by atoms with Gasteiger partial charge in [0.05, 0.1) is 31.1 Å². The Morgan fingerprint density at radius 2 is 2.09 bits per heavy atom. The number of rotatable bonds is 5. The van der Waals surface area contributed by atoms with E-state index in [0.29, 0.717) is 17.1 Å². The molecular weight excluding hydrogens is 296 g/mol. The van der Waals surface area contributed by atoms with Gasteiger partial charge in [0.25, 0.3) is 5.91 Å². The molecule has 0 radical (unpaired) electrons. The Kier molecular flexibility index (Phi) is 4.23. The van der Waals surface area contributed by atoms with Crippen molar-refractivity contribution < 1.29 is 9.53 Å². The van der Waals surface area contributed by atoms with Crippen molar-refractivity contribution in [3.8, 4) is 11.6 Å². The molecule has 0 bridgehead atoms. The Labute approximate surface area is 132 Å². The zero-order valence-electron chi connectivity index (χ0n) is 12.4. The van der Waals surface area contributed by atoms with Crippen molar-refractivity contribution >= 4 is 5.91 Å². The second kappa shape index (κ2) is 6.65. The Hall–Kier alpha value is -3.29. The van der Waals surface area contributed by atoms with Gasteiger partial charge in [0.15, 0.2) is 0 Å². The first kappa shape index (κ1) is 14.6. The van der Waals surface area contributed by atoms with Crippen LogP contribution in [-0.2, 0) is 6.54 Å². The van der Waals surface area contributed by atoms with Crippen LogP contribution in [0, 0.1) is 0 Å². The molecule has 0 aliphatic carbocycles. The van der Waals surface area contributed by atoms with Crippen LogP contribution in [0.4, 0.5) is 0 Å². The fourth-order valence-corrected chi connectivity index (χ4v) is 1.91. The second-order valence-corrected chi connectivity index (χ2v) is 4.63. The van der Waals surface area contributed by atoms with Crippen molar-refractivity contribution in [3.63, 3.8) is 0 Å². The van der Waals surface area contributed by atoms with Crippen LogP contribution < -0.4 is 10.1 Å². The molecule has 0 aliphatic heterocycles. The minimum absolute atomic E-state index is 0.237. The van der Waals surface area contributed by atoms with E-state index in [1.807, 2.05) is 12.1 Å². The van der Waals surface area contributed by atoms with Crippen LogP contribution in [0.25, 0.3) is 5.69 Å². The molecule has 116 valence electrons. The number of hydrogen-bond acceptors (Lipinski definition) is 6. The molecule has 8 nitrogen and oxygen atoms in total. The van der Waals surface area contributed by atoms with Gasteiger partial charge in [-0.25, -0.2) is 9.67 Å². The summed E-state index contributed by atoms with van der Waals surface area (Å²) in [6.45, 7) is 0.274. The number of aromatic nitrogens is 5. The van der Waals surface area contributed by atoms with Gasteiger partial charge in [-0.3, -0.25) is 9.78 Å². The van der Waals surface area contributed by atoms with Crippen LogP contribution in [0.5, 0.6) is 5.88 Å². The quantitative estimate of drug-likeness (QED) is 0.755. The predicted molar refractivity (Wildman–Crippen MR) is 81.1 cm³/mol. The van der Waals surface area contributed by atoms with Crippen LogP contribution >= 0.6 is 0 Å². The smallest absolute Gasteiger partial charge is 0.253 e. The van der Waals surface area contributed by atoms with Gasteiger partial charge in [0.1, 0.15) is 5.69 Å². The zero-order chi connectivity index (χ0) is 16.1. The number of carbonyl (C=O) groups excluding carboxylic acids is 1. The van der Waals surface area contributed by atoms with Gasteiger partial charge in [-0.05, 0) is 18.2 Å². The lowest BCUT2D eigenvalue weighted by atomic mass is 10.2. The van der Waals surface area contributed by atoms with E-state index in [2.05, 4.69) is 25.6 Å². The largest absolute Gasteiger partial charge is 0.481 e. The highest BCUT2D eigenvalue weighted by Crippen LogP contribution is 2.07. The maximum Gasteiger partial charge on any atom is 0.253 e. The average Bonchev–Trinajstić information content (AvgIpc) is 3.09. The van der Waals surface area contributed by atoms with Gasteiger partial charge in [-0.1, -0.05) is 5.21 Å². The Bertz CT molecular complexity index is 785. The topological polar surface area (TPSA) is 94.8 Å². The van der Waals surface area contributed by atoms with Gasteiger partial charge in [-0.15, -0.1) is 5.10 Å². The SMILES string of the molecule is COc1ccc(C(=O)NCc2cn(-c3ccncc3)nn2)cn1. The highest BCUT2D eigenvalue weighted by molar-refractivity contribution is 5.93. The van der Waals surface area contributed by atoms with Crippen LogP contribution in [0.15, 0.2) is 49.1 Å². The summed E-state index contributed by atoms with van der Waals surface area (Å²) in [4.78, 5) is 20.0. The van der Waals surface area contributed by atoms with Crippen LogP contribution in [0.1, 0.15) is 16.1 Å². The molecule has 1 amide bonds. The number of carbonyl (C=O) groups is 1. The third-order valence-electron chi connectivity index (χ3n) is 3.11. The predicted octanol–water partition coefficient (Wildman–Crippen LogP) is 0.996. The molecule has 0 unspecified atom stereocenters. The standard InChI is InChI=1S/C15H14N6O2/c1-23-14-3-2-11(8-17-14)15(22)18-9-12-10-21(20-19-12)13-4-6-16-7-5-13/h2-8,10H,9H2,1H3,(H,18,22). The number of methoxy groups -OCH3 is 1. The Morgan fingerprint density at radius 1 is 1.26 bits per heavy atom. The molecule has 0 aliphatic rings. The van der Waals surface area contributed by atoms with Crippen molar-refractivity contribution in [3.05, 3.63) is 60.3 Å². The van der Waals surface area contributed by atoms with Crippen molar-refractivity contribution in [2.75, 3.05) is 7.11 Å². The summed E-state index contributed by atoms with van der Waals surface area (Å²) in [5.41, 5.74) is 1.95. The van der Waals surface area contributed by atoms with E-state index in [0.717, 1.165) is 5.69 Å². The van der Waals surface area contributed by atoms with Gasteiger partial charge in [0.2, 0.25) is 5.88 Å². The van der Waals surface area contributed by atoms with E-state index in [-0.39, 0.29) is 12.5 Å². The molecule has 23 heavy (non-hydrogen) atoms. The van der Waals surface area contributed by atoms with Crippen LogP contribution in [-0.4, -0.2) is 38.0 Å². The van der Waals surface area contributed by atoms with Gasteiger partial charge in [0, 0.05) is 24.7 Å². The lowest BCUT2D eigenvalue weighted by molar-refractivity contribution is 0.0950. The van der Waals surface area contributed by atoms with E-state index in [1.165, 1.54) is 13.3 Å². The minimum Gasteiger partial charge on any atom is -0.481 e. The summed E-state index contributed by atoms with van der Waals surface area (Å²) in [7, 11) is 1.52. The monoisotopic (exact) mass is 310 g/mol. The molecular formula is C15H14N6O2. The molecule has 3 aromatic heterocycles. The fourth-order valence-electron chi connectivity index (χ4n) is 1.91. The summed E-state index contributed by atoms with van der Waals surface area (Å²) in [5.74, 6) is 0.223. The molecule has 0 spiro atoms. The van der Waals surface area contributed by atoms with Crippen LogP contribution in [0.3, 0.4) is 0 Å². The van der Waals surface area contributed by atoms with Crippen molar-refractivity contribution in [2.24, 2.45) is 0 Å².